The van der Waals surface area contributed by atoms with E-state index in [1.165, 1.54) is 0 Å². The molecule has 7 aromatic rings. The van der Waals surface area contributed by atoms with Crippen molar-refractivity contribution in [3.05, 3.63) is 138 Å². The van der Waals surface area contributed by atoms with Gasteiger partial charge in [0, 0.05) is 32.2 Å². The summed E-state index contributed by atoms with van der Waals surface area (Å²) in [5, 5.41) is 1.12. The van der Waals surface area contributed by atoms with Crippen molar-refractivity contribution in [3.63, 3.8) is 0 Å². The number of rotatable bonds is 6. The third-order valence-corrected chi connectivity index (χ3v) is 7.89. The first-order valence-electron chi connectivity index (χ1n) is 13.5. The first-order chi connectivity index (χ1) is 20.2. The zero-order valence-electron chi connectivity index (χ0n) is 22.4. The average Bonchev–Trinajstić information content (AvgIpc) is 3.61. The van der Waals surface area contributed by atoms with Crippen LogP contribution in [0.4, 0.5) is 0 Å². The molecular weight excluding hydrogens is 570 g/mol. The zero-order chi connectivity index (χ0) is 27.8. The van der Waals surface area contributed by atoms with E-state index in [4.69, 9.17) is 9.72 Å². The number of H-pyrrole nitrogens is 1. The number of methoxy groups -OCH3 is 1. The van der Waals surface area contributed by atoms with E-state index in [9.17, 15) is 0 Å². The molecule has 0 aliphatic rings. The maximum absolute atomic E-state index is 5.51. The van der Waals surface area contributed by atoms with Crippen LogP contribution in [0.15, 0.2) is 138 Å². The number of hydrogen-bond acceptors (Lipinski definition) is 2. The van der Waals surface area contributed by atoms with Gasteiger partial charge in [0.25, 0.3) is 0 Å². The van der Waals surface area contributed by atoms with E-state index in [2.05, 4.69) is 135 Å². The van der Waals surface area contributed by atoms with Gasteiger partial charge in [0.1, 0.15) is 11.6 Å². The van der Waals surface area contributed by atoms with Crippen molar-refractivity contribution < 1.29 is 4.74 Å². The predicted octanol–water partition coefficient (Wildman–Crippen LogP) is 9.79. The van der Waals surface area contributed by atoms with Crippen molar-refractivity contribution in [2.75, 3.05) is 7.11 Å². The van der Waals surface area contributed by atoms with Gasteiger partial charge in [-0.2, -0.15) is 0 Å². The molecule has 2 aromatic heterocycles. The second kappa shape index (κ2) is 10.6. The summed E-state index contributed by atoms with van der Waals surface area (Å²) in [6, 6.07) is 46.0. The minimum Gasteiger partial charge on any atom is -0.497 e. The summed E-state index contributed by atoms with van der Waals surface area (Å²) in [4.78, 5) is 9.19. The van der Waals surface area contributed by atoms with Crippen molar-refractivity contribution in [1.82, 2.24) is 14.5 Å². The van der Waals surface area contributed by atoms with Crippen LogP contribution in [0.5, 0.6) is 5.75 Å². The molecule has 0 aliphatic carbocycles. The standard InChI is InChI=1S/C36H26BrN3O/c1-41-29-22-20-28(21-23-29)40-35(26-12-6-3-7-13-26)34(24-10-4-2-5-11-24)39-36(40)32-30-14-8-9-15-31(30)38-33(32)25-16-18-27(37)19-17-25/h2-23,38H,1H3. The van der Waals surface area contributed by atoms with Crippen molar-refractivity contribution in [3.8, 4) is 56.6 Å². The molecule has 0 unspecified atom stereocenters. The molecule has 198 valence electrons. The summed E-state index contributed by atoms with van der Waals surface area (Å²) in [6.07, 6.45) is 0. The number of benzene rings is 5. The van der Waals surface area contributed by atoms with E-state index in [-0.39, 0.29) is 0 Å². The topological polar surface area (TPSA) is 42.8 Å². The summed E-state index contributed by atoms with van der Waals surface area (Å²) in [7, 11) is 1.69. The molecule has 0 atom stereocenters. The van der Waals surface area contributed by atoms with E-state index in [0.717, 1.165) is 72.0 Å². The molecule has 4 nitrogen and oxygen atoms in total. The highest BCUT2D eigenvalue weighted by Crippen LogP contribution is 2.44. The fraction of sp³-hybridized carbons (Fsp3) is 0.0278. The van der Waals surface area contributed by atoms with E-state index < -0.39 is 0 Å². The third kappa shape index (κ3) is 4.54. The maximum atomic E-state index is 5.51. The molecule has 5 aromatic carbocycles. The molecule has 41 heavy (non-hydrogen) atoms. The summed E-state index contributed by atoms with van der Waals surface area (Å²) >= 11 is 3.60. The van der Waals surface area contributed by atoms with Crippen LogP contribution in [0.3, 0.4) is 0 Å². The molecular formula is C36H26BrN3O. The number of hydrogen-bond donors (Lipinski definition) is 1. The van der Waals surface area contributed by atoms with Crippen LogP contribution in [0, 0.1) is 0 Å². The van der Waals surface area contributed by atoms with E-state index in [0.29, 0.717) is 0 Å². The van der Waals surface area contributed by atoms with Crippen LogP contribution in [0.2, 0.25) is 0 Å². The van der Waals surface area contributed by atoms with Gasteiger partial charge in [0.15, 0.2) is 0 Å². The number of para-hydroxylation sites is 1. The number of nitrogens with one attached hydrogen (secondary N) is 1. The maximum Gasteiger partial charge on any atom is 0.148 e. The molecule has 1 N–H and O–H groups in total. The van der Waals surface area contributed by atoms with Crippen molar-refractivity contribution in [2.45, 2.75) is 0 Å². The normalized spacial score (nSPS) is 11.2. The zero-order valence-corrected chi connectivity index (χ0v) is 24.0. The minimum atomic E-state index is 0.808. The first kappa shape index (κ1) is 25.1. The fourth-order valence-electron chi connectivity index (χ4n) is 5.44. The Kier molecular flexibility index (Phi) is 6.50. The highest BCUT2D eigenvalue weighted by atomic mass is 79.9. The summed E-state index contributed by atoms with van der Waals surface area (Å²) in [5.41, 5.74) is 9.34. The number of nitrogens with zero attached hydrogens (tertiary/aromatic N) is 2. The lowest BCUT2D eigenvalue weighted by Crippen LogP contribution is -2.01. The smallest absolute Gasteiger partial charge is 0.148 e. The van der Waals surface area contributed by atoms with Crippen LogP contribution >= 0.6 is 15.9 Å². The van der Waals surface area contributed by atoms with Gasteiger partial charge in [-0.25, -0.2) is 4.98 Å². The molecule has 0 radical (unpaired) electrons. The van der Waals surface area contributed by atoms with Gasteiger partial charge in [-0.1, -0.05) is 107 Å². The Morgan fingerprint density at radius 3 is 1.98 bits per heavy atom. The van der Waals surface area contributed by atoms with Crippen LogP contribution in [0.25, 0.3) is 61.8 Å². The molecule has 0 saturated heterocycles. The molecule has 0 aliphatic heterocycles. The number of fused-ring (bicyclic) bond motifs is 1. The number of halogens is 1. The van der Waals surface area contributed by atoms with E-state index >= 15 is 0 Å². The Balaban J connectivity index is 1.62. The van der Waals surface area contributed by atoms with Gasteiger partial charge in [0.05, 0.1) is 29.8 Å². The van der Waals surface area contributed by atoms with Crippen LogP contribution < -0.4 is 4.74 Å². The van der Waals surface area contributed by atoms with Crippen molar-refractivity contribution in [1.29, 1.82) is 0 Å². The SMILES string of the molecule is COc1ccc(-n2c(-c3c(-c4ccc(Br)cc4)[nH]c4ccccc34)nc(-c3ccccc3)c2-c2ccccc2)cc1. The van der Waals surface area contributed by atoms with Crippen LogP contribution in [-0.4, -0.2) is 21.6 Å². The lowest BCUT2D eigenvalue weighted by Gasteiger charge is -2.15. The van der Waals surface area contributed by atoms with Gasteiger partial charge in [-0.15, -0.1) is 0 Å². The van der Waals surface area contributed by atoms with Crippen LogP contribution in [0.1, 0.15) is 0 Å². The number of aromatic nitrogens is 3. The molecule has 5 heteroatoms. The highest BCUT2D eigenvalue weighted by Gasteiger charge is 2.26. The Morgan fingerprint density at radius 1 is 0.659 bits per heavy atom. The lowest BCUT2D eigenvalue weighted by atomic mass is 10.0. The summed E-state index contributed by atoms with van der Waals surface area (Å²) < 4.78 is 8.83. The molecule has 0 saturated carbocycles. The third-order valence-electron chi connectivity index (χ3n) is 7.37. The van der Waals surface area contributed by atoms with Gasteiger partial charge in [-0.05, 0) is 48.0 Å². The van der Waals surface area contributed by atoms with Gasteiger partial charge >= 0.3 is 0 Å². The first-order valence-corrected chi connectivity index (χ1v) is 14.3. The largest absolute Gasteiger partial charge is 0.497 e. The average molecular weight is 597 g/mol. The van der Waals surface area contributed by atoms with E-state index in [1.807, 2.05) is 24.3 Å². The Morgan fingerprint density at radius 2 is 1.29 bits per heavy atom. The molecule has 2 heterocycles. The monoisotopic (exact) mass is 595 g/mol. The fourth-order valence-corrected chi connectivity index (χ4v) is 5.70. The van der Waals surface area contributed by atoms with Gasteiger partial charge < -0.3 is 9.72 Å². The minimum absolute atomic E-state index is 0.808. The van der Waals surface area contributed by atoms with Crippen molar-refractivity contribution >= 4 is 26.8 Å². The lowest BCUT2D eigenvalue weighted by molar-refractivity contribution is 0.415. The molecule has 0 fully saturated rings. The van der Waals surface area contributed by atoms with Gasteiger partial charge in [-0.3, -0.25) is 4.57 Å². The Bertz CT molecular complexity index is 1960. The molecule has 0 spiro atoms. The van der Waals surface area contributed by atoms with Gasteiger partial charge in [0.2, 0.25) is 0 Å². The highest BCUT2D eigenvalue weighted by molar-refractivity contribution is 9.10. The van der Waals surface area contributed by atoms with Crippen molar-refractivity contribution in [2.24, 2.45) is 0 Å². The number of ether oxygens (including phenoxy) is 1. The summed E-state index contributed by atoms with van der Waals surface area (Å²) in [6.45, 7) is 0. The predicted molar refractivity (Wildman–Crippen MR) is 171 cm³/mol. The quantitative estimate of drug-likeness (QED) is 0.208. The second-order valence-electron chi connectivity index (χ2n) is 9.83. The van der Waals surface area contributed by atoms with Crippen LogP contribution in [-0.2, 0) is 0 Å². The molecule has 0 amide bonds. The number of imidazole rings is 1. The Labute approximate surface area is 247 Å². The summed E-state index contributed by atoms with van der Waals surface area (Å²) in [5.74, 6) is 1.67. The van der Waals surface area contributed by atoms with E-state index in [1.54, 1.807) is 7.11 Å². The second-order valence-corrected chi connectivity index (χ2v) is 10.7. The Hall–Kier alpha value is -4.87. The number of aromatic amines is 1. The molecule has 7 rings (SSSR count). The molecule has 0 bridgehead atoms.